The van der Waals surface area contributed by atoms with Crippen LogP contribution < -0.4 is 5.32 Å². The standard InChI is InChI=1S/C13H10ClN3Se/c14-10-6-4-9(5-7-10)8-15-11-2-1-3-12-13(11)17-18-16-12/h1-7,15H,8H2. The van der Waals surface area contributed by atoms with E-state index in [0.717, 1.165) is 28.3 Å². The van der Waals surface area contributed by atoms with E-state index in [1.54, 1.807) is 0 Å². The number of aromatic nitrogens is 2. The van der Waals surface area contributed by atoms with E-state index in [0.29, 0.717) is 0 Å². The summed E-state index contributed by atoms with van der Waals surface area (Å²) in [6.45, 7) is 0.760. The Kier molecular flexibility index (Phi) is 3.32. The SMILES string of the molecule is Clc1ccc(CNc2cccc3n[se]nc23)cc1. The van der Waals surface area contributed by atoms with E-state index in [-0.39, 0.29) is 15.0 Å². The number of nitrogens with one attached hydrogen (secondary N) is 1. The maximum atomic E-state index is 5.86. The topological polar surface area (TPSA) is 37.8 Å². The average Bonchev–Trinajstić information content (AvgIpc) is 2.87. The van der Waals surface area contributed by atoms with Crippen LogP contribution in [0.15, 0.2) is 42.5 Å². The molecule has 0 amide bonds. The van der Waals surface area contributed by atoms with Gasteiger partial charge in [-0.05, 0) is 0 Å². The summed E-state index contributed by atoms with van der Waals surface area (Å²) >= 11 is 5.87. The van der Waals surface area contributed by atoms with Crippen LogP contribution in [0.4, 0.5) is 5.69 Å². The second-order valence-electron chi connectivity index (χ2n) is 3.92. The summed E-state index contributed by atoms with van der Waals surface area (Å²) in [5.74, 6) is 0. The van der Waals surface area contributed by atoms with Crippen molar-refractivity contribution in [1.29, 1.82) is 0 Å². The Balaban J connectivity index is 1.80. The van der Waals surface area contributed by atoms with E-state index in [1.807, 2.05) is 42.5 Å². The Morgan fingerprint density at radius 2 is 1.89 bits per heavy atom. The summed E-state index contributed by atoms with van der Waals surface area (Å²) in [5.41, 5.74) is 4.23. The van der Waals surface area contributed by atoms with E-state index in [4.69, 9.17) is 11.6 Å². The molecule has 0 saturated heterocycles. The first-order chi connectivity index (χ1) is 8.83. The van der Waals surface area contributed by atoms with E-state index >= 15 is 0 Å². The third-order valence-electron chi connectivity index (χ3n) is 2.68. The molecule has 1 heterocycles. The van der Waals surface area contributed by atoms with Crippen LogP contribution in [0.1, 0.15) is 5.56 Å². The molecule has 2 aromatic carbocycles. The number of rotatable bonds is 3. The minimum atomic E-state index is 0.0143. The first-order valence-corrected chi connectivity index (χ1v) is 7.43. The molecule has 0 atom stereocenters. The van der Waals surface area contributed by atoms with Crippen molar-refractivity contribution in [1.82, 2.24) is 7.96 Å². The van der Waals surface area contributed by atoms with Gasteiger partial charge in [0.1, 0.15) is 0 Å². The quantitative estimate of drug-likeness (QED) is 0.753. The molecule has 0 radical (unpaired) electrons. The van der Waals surface area contributed by atoms with Crippen LogP contribution in [-0.4, -0.2) is 22.9 Å². The van der Waals surface area contributed by atoms with Crippen LogP contribution in [0, 0.1) is 0 Å². The summed E-state index contributed by atoms with van der Waals surface area (Å²) < 4.78 is 8.80. The van der Waals surface area contributed by atoms with Crippen LogP contribution in [0.2, 0.25) is 5.02 Å². The van der Waals surface area contributed by atoms with Crippen LogP contribution >= 0.6 is 11.6 Å². The molecule has 3 rings (SSSR count). The zero-order valence-corrected chi connectivity index (χ0v) is 11.9. The molecule has 0 unspecified atom stereocenters. The van der Waals surface area contributed by atoms with Crippen molar-refractivity contribution in [3.05, 3.63) is 53.1 Å². The number of fused-ring (bicyclic) bond motifs is 1. The molecule has 5 heteroatoms. The van der Waals surface area contributed by atoms with Gasteiger partial charge in [0.15, 0.2) is 0 Å². The normalized spacial score (nSPS) is 10.7. The number of hydrogen-bond acceptors (Lipinski definition) is 3. The van der Waals surface area contributed by atoms with Crippen molar-refractivity contribution in [2.75, 3.05) is 5.32 Å². The average molecular weight is 323 g/mol. The van der Waals surface area contributed by atoms with Gasteiger partial charge in [0.05, 0.1) is 0 Å². The van der Waals surface area contributed by atoms with Crippen LogP contribution in [0.5, 0.6) is 0 Å². The maximum absolute atomic E-state index is 5.86. The van der Waals surface area contributed by atoms with Gasteiger partial charge in [-0.15, -0.1) is 0 Å². The number of halogens is 1. The van der Waals surface area contributed by atoms with Gasteiger partial charge in [-0.2, -0.15) is 0 Å². The molecule has 0 aliphatic carbocycles. The molecular weight excluding hydrogens is 313 g/mol. The van der Waals surface area contributed by atoms with Gasteiger partial charge < -0.3 is 0 Å². The molecule has 0 saturated carbocycles. The van der Waals surface area contributed by atoms with Crippen LogP contribution in [0.3, 0.4) is 0 Å². The van der Waals surface area contributed by atoms with Gasteiger partial charge in [0.2, 0.25) is 0 Å². The van der Waals surface area contributed by atoms with Gasteiger partial charge in [-0.1, -0.05) is 0 Å². The Labute approximate surface area is 116 Å². The molecule has 90 valence electrons. The van der Waals surface area contributed by atoms with E-state index < -0.39 is 0 Å². The van der Waals surface area contributed by atoms with Crippen molar-refractivity contribution >= 4 is 43.3 Å². The van der Waals surface area contributed by atoms with Crippen LogP contribution in [0.25, 0.3) is 11.0 Å². The molecule has 3 nitrogen and oxygen atoms in total. The third kappa shape index (κ3) is 2.41. The van der Waals surface area contributed by atoms with E-state index in [2.05, 4.69) is 13.3 Å². The Hall–Kier alpha value is -1.35. The third-order valence-corrected chi connectivity index (χ3v) is 4.07. The molecule has 0 spiro atoms. The Morgan fingerprint density at radius 3 is 2.72 bits per heavy atom. The van der Waals surface area contributed by atoms with Crippen molar-refractivity contribution < 1.29 is 0 Å². The second-order valence-corrected chi connectivity index (χ2v) is 5.46. The number of anilines is 1. The van der Waals surface area contributed by atoms with Crippen molar-refractivity contribution in [2.45, 2.75) is 6.54 Å². The number of nitrogens with zero attached hydrogens (tertiary/aromatic N) is 2. The number of hydrogen-bond donors (Lipinski definition) is 1. The first-order valence-electron chi connectivity index (χ1n) is 5.52. The summed E-state index contributed by atoms with van der Waals surface area (Å²) in [4.78, 5) is 0. The first kappa shape index (κ1) is 11.7. The second kappa shape index (κ2) is 5.10. The van der Waals surface area contributed by atoms with Gasteiger partial charge in [0.25, 0.3) is 0 Å². The van der Waals surface area contributed by atoms with Gasteiger partial charge >= 0.3 is 116 Å². The fourth-order valence-corrected chi connectivity index (χ4v) is 3.03. The molecule has 0 aliphatic rings. The van der Waals surface area contributed by atoms with Crippen molar-refractivity contribution in [3.63, 3.8) is 0 Å². The molecular formula is C13H10ClN3Se. The van der Waals surface area contributed by atoms with Gasteiger partial charge in [-0.3, -0.25) is 0 Å². The van der Waals surface area contributed by atoms with E-state index in [9.17, 15) is 0 Å². The minimum absolute atomic E-state index is 0.0143. The molecule has 0 bridgehead atoms. The summed E-state index contributed by atoms with van der Waals surface area (Å²) in [5, 5.41) is 4.15. The monoisotopic (exact) mass is 323 g/mol. The zero-order valence-electron chi connectivity index (χ0n) is 9.43. The fraction of sp³-hybridized carbons (Fsp3) is 0.0769. The predicted molar refractivity (Wildman–Crippen MR) is 75.3 cm³/mol. The summed E-state index contributed by atoms with van der Waals surface area (Å²) in [7, 11) is 0. The Bertz CT molecular complexity index is 663. The van der Waals surface area contributed by atoms with E-state index in [1.165, 1.54) is 5.56 Å². The molecule has 1 aromatic heterocycles. The van der Waals surface area contributed by atoms with Gasteiger partial charge in [0, 0.05) is 0 Å². The Morgan fingerprint density at radius 1 is 1.06 bits per heavy atom. The molecule has 1 N–H and O–H groups in total. The summed E-state index contributed by atoms with van der Waals surface area (Å²) in [6.07, 6.45) is 0. The summed E-state index contributed by atoms with van der Waals surface area (Å²) in [6, 6.07) is 13.9. The fourth-order valence-electron chi connectivity index (χ4n) is 1.75. The van der Waals surface area contributed by atoms with Crippen molar-refractivity contribution in [2.24, 2.45) is 0 Å². The molecule has 18 heavy (non-hydrogen) atoms. The molecule has 0 fully saturated rings. The van der Waals surface area contributed by atoms with Gasteiger partial charge in [-0.25, -0.2) is 0 Å². The zero-order chi connectivity index (χ0) is 12.4. The van der Waals surface area contributed by atoms with Crippen molar-refractivity contribution in [3.8, 4) is 0 Å². The van der Waals surface area contributed by atoms with Crippen LogP contribution in [-0.2, 0) is 6.54 Å². The molecule has 0 aliphatic heterocycles. The number of benzene rings is 2. The molecule has 3 aromatic rings. The predicted octanol–water partition coefficient (Wildman–Crippen LogP) is 2.95.